The summed E-state index contributed by atoms with van der Waals surface area (Å²) < 4.78 is 5.57. The molecule has 3 N–H and O–H groups in total. The molecule has 1 saturated carbocycles. The van der Waals surface area contributed by atoms with Gasteiger partial charge in [-0.1, -0.05) is 54.6 Å². The van der Waals surface area contributed by atoms with Crippen LogP contribution in [0.4, 0.5) is 5.69 Å². The van der Waals surface area contributed by atoms with Crippen molar-refractivity contribution in [2.24, 2.45) is 5.73 Å². The maximum Gasteiger partial charge on any atom is 0.262 e. The number of anilines is 1. The molecule has 1 fully saturated rings. The number of carbonyl (C=O) groups is 2. The molecule has 0 bridgehead atoms. The van der Waals surface area contributed by atoms with E-state index in [0.29, 0.717) is 23.5 Å². The fourth-order valence-electron chi connectivity index (χ4n) is 4.34. The van der Waals surface area contributed by atoms with E-state index in [0.717, 1.165) is 31.2 Å². The molecule has 6 nitrogen and oxygen atoms in total. The van der Waals surface area contributed by atoms with E-state index in [4.69, 9.17) is 10.5 Å². The number of nitrogens with zero attached hydrogens (tertiary/aromatic N) is 1. The van der Waals surface area contributed by atoms with Crippen molar-refractivity contribution in [3.8, 4) is 5.75 Å². The molecule has 3 aromatic rings. The summed E-state index contributed by atoms with van der Waals surface area (Å²) in [5, 5.41) is 2.95. The average Bonchev–Trinajstić information content (AvgIpc) is 2.88. The lowest BCUT2D eigenvalue weighted by Crippen LogP contribution is -2.44. The van der Waals surface area contributed by atoms with Crippen LogP contribution in [0.2, 0.25) is 0 Å². The Hall–Kier alpha value is -3.64. The Morgan fingerprint density at radius 3 is 2.18 bits per heavy atom. The number of hydrogen-bond acceptors (Lipinski definition) is 4. The van der Waals surface area contributed by atoms with Gasteiger partial charge in [0.1, 0.15) is 5.75 Å². The lowest BCUT2D eigenvalue weighted by atomic mass is 9.90. The number of carbonyl (C=O) groups excluding carboxylic acids is 2. The third-order valence-electron chi connectivity index (χ3n) is 6.21. The number of rotatable bonds is 8. The van der Waals surface area contributed by atoms with Crippen LogP contribution in [0.25, 0.3) is 0 Å². The van der Waals surface area contributed by atoms with Crippen LogP contribution in [0.1, 0.15) is 41.6 Å². The second-order valence-electron chi connectivity index (χ2n) is 8.67. The van der Waals surface area contributed by atoms with Crippen molar-refractivity contribution >= 4 is 17.5 Å². The van der Waals surface area contributed by atoms with Crippen LogP contribution < -0.4 is 15.8 Å². The zero-order chi connectivity index (χ0) is 23.8. The molecule has 0 aromatic heterocycles. The Morgan fingerprint density at radius 1 is 0.853 bits per heavy atom. The summed E-state index contributed by atoms with van der Waals surface area (Å²) in [6, 6.07) is 26.5. The van der Waals surface area contributed by atoms with Gasteiger partial charge in [-0.3, -0.25) is 9.59 Å². The van der Waals surface area contributed by atoms with Gasteiger partial charge in [-0.2, -0.15) is 0 Å². The number of nitrogens with one attached hydrogen (secondary N) is 1. The second-order valence-corrected chi connectivity index (χ2v) is 8.67. The number of amides is 2. The van der Waals surface area contributed by atoms with Crippen molar-refractivity contribution in [1.82, 2.24) is 4.90 Å². The van der Waals surface area contributed by atoms with E-state index in [9.17, 15) is 9.59 Å². The Kier molecular flexibility index (Phi) is 7.94. The maximum absolute atomic E-state index is 13.5. The molecule has 2 amide bonds. The number of para-hydroxylation sites is 2. The number of ether oxygens (including phenoxy) is 1. The van der Waals surface area contributed by atoms with Gasteiger partial charge in [-0.25, -0.2) is 0 Å². The highest BCUT2D eigenvalue weighted by molar-refractivity contribution is 5.95. The normalized spacial score (nSPS) is 17.6. The SMILES string of the molecule is NC1CCC(N(Cc2ccccc2NC(=O)COc2ccccc2)C(=O)c2ccccc2)CC1. The van der Waals surface area contributed by atoms with Crippen LogP contribution in [0.3, 0.4) is 0 Å². The quantitative estimate of drug-likeness (QED) is 0.517. The summed E-state index contributed by atoms with van der Waals surface area (Å²) in [4.78, 5) is 28.0. The standard InChI is InChI=1S/C28H31N3O3/c29-23-15-17-24(18-16-23)31(28(33)21-9-3-1-4-10-21)19-22-11-7-8-14-26(22)30-27(32)20-34-25-12-5-2-6-13-25/h1-14,23-24H,15-20,29H2,(H,30,32). The van der Waals surface area contributed by atoms with Crippen molar-refractivity contribution in [3.63, 3.8) is 0 Å². The molecule has 3 aromatic carbocycles. The first-order valence-corrected chi connectivity index (χ1v) is 11.8. The summed E-state index contributed by atoms with van der Waals surface area (Å²) in [7, 11) is 0. The summed E-state index contributed by atoms with van der Waals surface area (Å²) in [6.07, 6.45) is 3.55. The van der Waals surface area contributed by atoms with Crippen molar-refractivity contribution in [2.75, 3.05) is 11.9 Å². The van der Waals surface area contributed by atoms with Crippen LogP contribution in [-0.2, 0) is 11.3 Å². The first kappa shape index (κ1) is 23.5. The van der Waals surface area contributed by atoms with Crippen molar-refractivity contribution in [3.05, 3.63) is 96.1 Å². The molecule has 0 atom stereocenters. The monoisotopic (exact) mass is 457 g/mol. The van der Waals surface area contributed by atoms with Crippen molar-refractivity contribution in [2.45, 2.75) is 44.3 Å². The molecular formula is C28H31N3O3. The van der Waals surface area contributed by atoms with E-state index >= 15 is 0 Å². The van der Waals surface area contributed by atoms with Gasteiger partial charge in [0.25, 0.3) is 11.8 Å². The van der Waals surface area contributed by atoms with Crippen LogP contribution >= 0.6 is 0 Å². The summed E-state index contributed by atoms with van der Waals surface area (Å²) in [6.45, 7) is 0.315. The third-order valence-corrected chi connectivity index (χ3v) is 6.21. The van der Waals surface area contributed by atoms with Gasteiger partial charge in [0.05, 0.1) is 0 Å². The Balaban J connectivity index is 1.50. The van der Waals surface area contributed by atoms with E-state index in [1.165, 1.54) is 0 Å². The van der Waals surface area contributed by atoms with Gasteiger partial charge in [0, 0.05) is 29.9 Å². The van der Waals surface area contributed by atoms with E-state index in [1.54, 1.807) is 0 Å². The van der Waals surface area contributed by atoms with Crippen LogP contribution in [0.15, 0.2) is 84.9 Å². The largest absolute Gasteiger partial charge is 0.484 e. The zero-order valence-corrected chi connectivity index (χ0v) is 19.2. The van der Waals surface area contributed by atoms with Crippen LogP contribution in [0.5, 0.6) is 5.75 Å². The predicted molar refractivity (Wildman–Crippen MR) is 134 cm³/mol. The lowest BCUT2D eigenvalue weighted by molar-refractivity contribution is -0.118. The van der Waals surface area contributed by atoms with Gasteiger partial charge in [0.2, 0.25) is 0 Å². The van der Waals surface area contributed by atoms with Crippen LogP contribution in [0, 0.1) is 0 Å². The highest BCUT2D eigenvalue weighted by atomic mass is 16.5. The summed E-state index contributed by atoms with van der Waals surface area (Å²) in [5.74, 6) is 0.386. The molecule has 0 spiro atoms. The Labute approximate surface area is 200 Å². The molecule has 4 rings (SSSR count). The number of benzene rings is 3. The first-order valence-electron chi connectivity index (χ1n) is 11.8. The van der Waals surface area contributed by atoms with E-state index in [1.807, 2.05) is 89.8 Å². The molecule has 1 aliphatic rings. The molecule has 0 unspecified atom stereocenters. The van der Waals surface area contributed by atoms with E-state index in [2.05, 4.69) is 5.32 Å². The fourth-order valence-corrected chi connectivity index (χ4v) is 4.34. The zero-order valence-electron chi connectivity index (χ0n) is 19.2. The third kappa shape index (κ3) is 6.23. The minimum Gasteiger partial charge on any atom is -0.484 e. The molecule has 34 heavy (non-hydrogen) atoms. The molecule has 0 saturated heterocycles. The smallest absolute Gasteiger partial charge is 0.262 e. The second kappa shape index (κ2) is 11.5. The highest BCUT2D eigenvalue weighted by Gasteiger charge is 2.29. The molecule has 176 valence electrons. The lowest BCUT2D eigenvalue weighted by Gasteiger charge is -2.36. The first-order chi connectivity index (χ1) is 16.6. The van der Waals surface area contributed by atoms with Gasteiger partial charge >= 0.3 is 0 Å². The van der Waals surface area contributed by atoms with Gasteiger partial charge in [-0.15, -0.1) is 0 Å². The Morgan fingerprint density at radius 2 is 1.47 bits per heavy atom. The molecule has 0 aliphatic heterocycles. The molecule has 0 radical (unpaired) electrons. The van der Waals surface area contributed by atoms with E-state index < -0.39 is 0 Å². The molecular weight excluding hydrogens is 426 g/mol. The fraction of sp³-hybridized carbons (Fsp3) is 0.286. The highest BCUT2D eigenvalue weighted by Crippen LogP contribution is 2.27. The minimum absolute atomic E-state index is 0.00499. The summed E-state index contributed by atoms with van der Waals surface area (Å²) >= 11 is 0. The molecule has 1 aliphatic carbocycles. The van der Waals surface area contributed by atoms with Crippen LogP contribution in [-0.4, -0.2) is 35.4 Å². The number of hydrogen-bond donors (Lipinski definition) is 2. The minimum atomic E-state index is -0.249. The van der Waals surface area contributed by atoms with Gasteiger partial charge < -0.3 is 20.7 Å². The average molecular weight is 458 g/mol. The Bertz CT molecular complexity index is 1080. The van der Waals surface area contributed by atoms with Gasteiger partial charge in [0.15, 0.2) is 6.61 Å². The summed E-state index contributed by atoms with van der Waals surface area (Å²) in [5.41, 5.74) is 8.35. The maximum atomic E-state index is 13.5. The topological polar surface area (TPSA) is 84.7 Å². The van der Waals surface area contributed by atoms with Crippen molar-refractivity contribution < 1.29 is 14.3 Å². The van der Waals surface area contributed by atoms with Gasteiger partial charge in [-0.05, 0) is 61.6 Å². The molecule has 6 heteroatoms. The van der Waals surface area contributed by atoms with E-state index in [-0.39, 0.29) is 30.5 Å². The van der Waals surface area contributed by atoms with Crippen molar-refractivity contribution in [1.29, 1.82) is 0 Å². The predicted octanol–water partition coefficient (Wildman–Crippen LogP) is 4.62. The molecule has 0 heterocycles. The number of nitrogens with two attached hydrogens (primary N) is 1.